The average molecular weight is 2320 g/mol. The second-order valence-corrected chi connectivity index (χ2v) is 50.4. The Labute approximate surface area is 917 Å². The monoisotopic (exact) mass is 2320 g/mol. The molecule has 10 fully saturated rings. The largest absolute Gasteiger partial charge is 1.00 e. The van der Waals surface area contributed by atoms with Crippen LogP contribution in [0.1, 0.15) is 195 Å². The number of nitrogens with zero attached hydrogens (tertiary/aromatic N) is 3. The molecule has 39 nitrogen and oxygen atoms in total. The van der Waals surface area contributed by atoms with E-state index in [0.29, 0.717) is 121 Å². The van der Waals surface area contributed by atoms with Crippen LogP contribution >= 0.6 is 78.0 Å². The summed E-state index contributed by atoms with van der Waals surface area (Å²) in [4.78, 5) is 160. The number of alkyl halides is 1. The molecule has 10 N–H and O–H groups in total. The first-order chi connectivity index (χ1) is 65.8. The van der Waals surface area contributed by atoms with Crippen LogP contribution in [0.5, 0.6) is 0 Å². The SMILES string of the molecule is BrP(Br)Br.CCCCB1OC2CC(O1)[C@H](C/C=C\CCCC(=O)NCC)[C@H]2/C=C/[C@@H](O)CCc1ccccc1.CCNC(=O)CCC/C=C\C[C@@H]1[C@@H](/C=C/[C@H](CCc2ccccc2)OC(=O)C2C[C@@H]2CO[N+](=O)[O-])[C@H](O)C[C@@H]1O.CC[C@H]1C[C@@H]1C=O.CC[C@H]1C[C@@H]1CO.O=C(Cl)[C@H]1C[C@@H]1CO[N+](=O)[O-].O=C=O.O=C=O.O=CO[C@H]1C[C@@H]1CBr.O=CO[C@H]1C[C@@H]1CO.O=CO[C@H]1C[C@@H]1CO[N+](=O)[O-].[B].[H-].[NH2-].[Na+].[Na+].[OH-]. The maximum atomic E-state index is 12.8. The number of allylic oxidation sites excluding steroid dienone is 4. The first kappa shape index (κ1) is 143. The fourth-order valence-electron chi connectivity index (χ4n) is 15.4. The number of fused-ring (bicyclic) bond motifs is 2. The number of esters is 1. The maximum Gasteiger partial charge on any atom is 1.00 e. The van der Waals surface area contributed by atoms with Gasteiger partial charge in [-0.15, -0.1) is 30.3 Å². The van der Waals surface area contributed by atoms with Gasteiger partial charge in [0.25, 0.3) is 34.7 Å². The molecule has 1 heterocycles. The predicted molar refractivity (Wildman–Crippen MR) is 532 cm³/mol. The first-order valence-electron chi connectivity index (χ1n) is 46.4. The van der Waals surface area contributed by atoms with Gasteiger partial charge in [-0.05, 0) is 252 Å². The molecule has 2 aromatic carbocycles. The van der Waals surface area contributed by atoms with Gasteiger partial charge in [-0.25, -0.2) is 0 Å². The number of hydrogen-bond donors (Lipinski definition) is 7. The molecule has 2 amide bonds. The summed E-state index contributed by atoms with van der Waals surface area (Å²) in [6.45, 7) is 13.4. The maximum absolute atomic E-state index is 12.8. The van der Waals surface area contributed by atoms with Crippen molar-refractivity contribution in [3.05, 3.63) is 157 Å². The van der Waals surface area contributed by atoms with Crippen molar-refractivity contribution in [1.29, 1.82) is 0 Å². The van der Waals surface area contributed by atoms with E-state index < -0.39 is 56.8 Å². The summed E-state index contributed by atoms with van der Waals surface area (Å²) in [5.41, 5.74) is 2.36. The number of aryl methyl sites for hydroxylation is 2. The van der Waals surface area contributed by atoms with Gasteiger partial charge < -0.3 is 96.8 Å². The number of unbranched alkanes of at least 4 members (excludes halogenated alkanes) is 3. The molecule has 24 atom stereocenters. The summed E-state index contributed by atoms with van der Waals surface area (Å²) < 4.78 is 32.0. The van der Waals surface area contributed by atoms with E-state index in [-0.39, 0.29) is 227 Å². The van der Waals surface area contributed by atoms with Gasteiger partial charge in [-0.3, -0.25) is 33.6 Å². The van der Waals surface area contributed by atoms with E-state index in [1.165, 1.54) is 24.8 Å². The van der Waals surface area contributed by atoms with Gasteiger partial charge in [0.2, 0.25) is 17.1 Å². The van der Waals surface area contributed by atoms with E-state index in [1.54, 1.807) is 6.08 Å². The topological polar surface area (TPSA) is 606 Å². The van der Waals surface area contributed by atoms with Crippen LogP contribution in [0, 0.1) is 119 Å². The third-order valence-corrected chi connectivity index (χ3v) is 25.1. The predicted octanol–water partition coefficient (Wildman–Crippen LogP) is 8.64. The molecule has 49 heteroatoms. The van der Waals surface area contributed by atoms with Crippen LogP contribution in [0.4, 0.5) is 0 Å². The Morgan fingerprint density at radius 3 is 1.43 bits per heavy atom. The average Bonchev–Trinajstić information content (AvgIpc) is 1.63. The number of nitrogens with two attached hydrogens (primary N) is 1. The van der Waals surface area contributed by atoms with Crippen LogP contribution in [0.3, 0.4) is 0 Å². The molecule has 0 aromatic heterocycles. The molecular weight excluding hydrogens is 2180 g/mol. The molecule has 2 aromatic rings. The minimum Gasteiger partial charge on any atom is -1.00 e. The smallest absolute Gasteiger partial charge is 1.00 e. The van der Waals surface area contributed by atoms with Crippen molar-refractivity contribution in [2.75, 3.05) is 51.5 Å². The van der Waals surface area contributed by atoms with E-state index in [9.17, 15) is 84.0 Å². The molecule has 10 aliphatic rings. The van der Waals surface area contributed by atoms with Crippen LogP contribution in [0.2, 0.25) is 6.32 Å². The van der Waals surface area contributed by atoms with E-state index >= 15 is 0 Å². The van der Waals surface area contributed by atoms with Crippen LogP contribution in [-0.4, -0.2) is 229 Å². The fourth-order valence-corrected chi connectivity index (χ4v) is 16.3. The minimum atomic E-state index is -0.867. The van der Waals surface area contributed by atoms with Gasteiger partial charge in [0.05, 0.1) is 30.3 Å². The number of rotatable bonds is 51. The molecule has 9 aliphatic carbocycles. The number of nitrogens with one attached hydrogen (secondary N) is 2. The van der Waals surface area contributed by atoms with Crippen molar-refractivity contribution >= 4 is 155 Å². The number of amides is 2. The van der Waals surface area contributed by atoms with Crippen molar-refractivity contribution in [3.8, 4) is 0 Å². The minimum absolute atomic E-state index is 0. The Hall–Kier alpha value is -5.67. The molecule has 1 saturated heterocycles. The summed E-state index contributed by atoms with van der Waals surface area (Å²) in [6.07, 6.45) is 37.5. The number of carbonyl (C=O) groups excluding carboxylic acids is 12. The zero-order chi connectivity index (χ0) is 102. The Bertz CT molecular complexity index is 3960. The molecule has 3 radical (unpaired) electrons. The van der Waals surface area contributed by atoms with Crippen molar-refractivity contribution < 1.29 is 207 Å². The fraction of sp³-hybridized carbons (Fsp3) is 0.677. The second kappa shape index (κ2) is 86.2. The van der Waals surface area contributed by atoms with Crippen LogP contribution in [0.15, 0.2) is 109 Å². The van der Waals surface area contributed by atoms with E-state index in [0.717, 1.165) is 112 Å². The van der Waals surface area contributed by atoms with Gasteiger partial charge in [0.1, 0.15) is 54.6 Å². The second-order valence-electron chi connectivity index (χ2n) is 34.1. The van der Waals surface area contributed by atoms with Crippen molar-refractivity contribution in [2.24, 2.45) is 88.8 Å². The van der Waals surface area contributed by atoms with Gasteiger partial charge in [0, 0.05) is 107 Å². The molecule has 9 saturated carbocycles. The van der Waals surface area contributed by atoms with Crippen LogP contribution in [0.25, 0.3) is 6.15 Å². The number of ether oxygens (including phenoxy) is 4. The van der Waals surface area contributed by atoms with E-state index in [4.69, 9.17) is 55.0 Å². The molecule has 0 spiro atoms. The summed E-state index contributed by atoms with van der Waals surface area (Å²) >= 11 is 17.9. The Balaban J connectivity index is -0.000000547. The molecule has 2 bridgehead atoms. The van der Waals surface area contributed by atoms with Crippen molar-refractivity contribution in [2.45, 2.75) is 256 Å². The normalized spacial score (nSPS) is 25.9. The number of hydrogen-bond acceptors (Lipinski definition) is 33. The van der Waals surface area contributed by atoms with Gasteiger partial charge >= 0.3 is 84.5 Å². The van der Waals surface area contributed by atoms with Gasteiger partial charge in [0.15, 0.2) is 0 Å². The molecule has 3 unspecified atom stereocenters. The van der Waals surface area contributed by atoms with Gasteiger partial charge in [-0.2, -0.15) is 19.2 Å². The zero-order valence-electron chi connectivity index (χ0n) is 82.7. The van der Waals surface area contributed by atoms with Crippen molar-refractivity contribution in [3.63, 3.8) is 0 Å². The molecule has 1 aliphatic heterocycles. The number of carbonyl (C=O) groups is 8. The van der Waals surface area contributed by atoms with E-state index in [2.05, 4.69) is 153 Å². The summed E-state index contributed by atoms with van der Waals surface area (Å²) in [5.74, 6) is 2.51. The number of aliphatic hydroxyl groups is 5. The number of halogens is 5. The number of benzene rings is 2. The first-order valence-corrected chi connectivity index (χ1v) is 55.3. The summed E-state index contributed by atoms with van der Waals surface area (Å²) in [6, 6.07) is 20.2. The Kier molecular flexibility index (Phi) is 86.5. The van der Waals surface area contributed by atoms with E-state index in [1.807, 2.05) is 86.7 Å². The third kappa shape index (κ3) is 67.3. The number of aldehydes is 1. The van der Waals surface area contributed by atoms with Crippen LogP contribution < -0.4 is 69.7 Å². The number of aliphatic hydroxyl groups excluding tert-OH is 5. The zero-order valence-corrected chi connectivity index (χ0v) is 93.7. The molecule has 789 valence electrons. The third-order valence-electron chi connectivity index (χ3n) is 24.0. The van der Waals surface area contributed by atoms with Crippen LogP contribution in [-0.2, 0) is 113 Å². The Morgan fingerprint density at radius 1 is 0.577 bits per heavy atom. The molecule has 142 heavy (non-hydrogen) atoms. The quantitative estimate of drug-likeness (QED) is 0.00278. The molecular formula is C93H140B2Br4ClN6Na2O33P-. The summed E-state index contributed by atoms with van der Waals surface area (Å²) in [7, 11) is -0.108. The molecule has 12 rings (SSSR count). The Morgan fingerprint density at radius 2 is 1.02 bits per heavy atom. The van der Waals surface area contributed by atoms with Crippen molar-refractivity contribution in [1.82, 2.24) is 10.6 Å². The standard InChI is InChI=1S/C30H42N2O8.C29H44BNO4.C6H12O.C6H10O.C5H7BrO2.C5H6ClNO4.C5H7NO5.C5H8O3.2CO2.B.Br3P.H2N.2Na.H2O.H/c1-2-31-29(35)13-9-4-3-8-12-24-25(28(34)19-27(24)33)17-16-23(15-14-21-10-6-5-7-11-21)40-30(36)26-18-22(26)20-39-32(37)38;1-3-5-21-30-34-27-22-28(35-30)26(20-19-24(32)18-17-23-13-9-8-10-14-23)25(27)15-11-6-7-12-16-29(33)31-4-2;2*1-2-5-3-6(5)4-7;6-2-4-1-5(4)8-3-7;6-5(8)4-1-3(4)2-11-7(9)10;7-3-10-5-1-4(5)2-11-6(8)9;6-2-4-1-5(4)8-3-7;2*2-1-3;;1-4(2)3;;;;;/h3,5-8,10-11,16-17,22-28,33-34H,2,4,9,12-15,18-20H2,1H3,(H,31,35);6,8-11,13-14,19-20,24-28,32H,3-5,7,12,15-18,21-22H2,1-2H3,(H,31,33);5-7H,2-4H2,1H3;4-6H,2-3H2,1H3;3-5H,1-2H2;3-4H,1-2H2;3-5H,1-2H2;3-6H,1-2H2;;;;;1H2;;;1H2;/q;;;;;;;;;;;;-1;2*+1;;-1/p-1/b8-3-,17-16+;11-6-,20-19+;;;;;;;;;;;;;;;/t22-,23+,24-,25-,26?,27+,28-;24-,25+,26+,27?,28?;2*5-,6+;4-,5+;3-,4+;2*4-,5+;;;;;;;;;/m10001111........./s1. The van der Waals surface area contributed by atoms with Gasteiger partial charge in [-0.1, -0.05) is 166 Å². The summed E-state index contributed by atoms with van der Waals surface area (Å²) in [5, 5.41) is 82.2.